The fourth-order valence-electron chi connectivity index (χ4n) is 4.24. The summed E-state index contributed by atoms with van der Waals surface area (Å²) in [6.45, 7) is 5.26. The third-order valence-electron chi connectivity index (χ3n) is 5.98. The van der Waals surface area contributed by atoms with E-state index in [1.54, 1.807) is 7.11 Å². The van der Waals surface area contributed by atoms with Gasteiger partial charge in [-0.05, 0) is 42.3 Å². The quantitative estimate of drug-likeness (QED) is 0.519. The topological polar surface area (TPSA) is 66.6 Å². The van der Waals surface area contributed by atoms with Crippen LogP contribution in [0.25, 0.3) is 10.9 Å². The molecule has 1 fully saturated rings. The molecule has 164 valence electrons. The van der Waals surface area contributed by atoms with E-state index in [0.717, 1.165) is 67.0 Å². The standard InChI is InChI=1S/C25H31N3O3/c1-30-20-9-7-19(8-10-20)22(23-18-27-24-6-3-2-5-21(23)24)17-25(29)26-11-4-12-28-13-15-31-16-14-28/h2-3,5-10,18,22,27H,4,11-17H2,1H3,(H,26,29)/t22-/m0/s1. The Balaban J connectivity index is 1.43. The van der Waals surface area contributed by atoms with Gasteiger partial charge in [-0.25, -0.2) is 0 Å². The lowest BCUT2D eigenvalue weighted by atomic mass is 9.88. The number of carbonyl (C=O) groups excluding carboxylic acids is 1. The number of nitrogens with one attached hydrogen (secondary N) is 2. The highest BCUT2D eigenvalue weighted by Gasteiger charge is 2.21. The number of methoxy groups -OCH3 is 1. The molecule has 31 heavy (non-hydrogen) atoms. The van der Waals surface area contributed by atoms with E-state index in [4.69, 9.17) is 9.47 Å². The average Bonchev–Trinajstić information content (AvgIpc) is 3.25. The number of morpholine rings is 1. The second-order valence-corrected chi connectivity index (χ2v) is 7.98. The lowest BCUT2D eigenvalue weighted by molar-refractivity contribution is -0.121. The van der Waals surface area contributed by atoms with Crippen molar-refractivity contribution in [3.63, 3.8) is 0 Å². The van der Waals surface area contributed by atoms with Crippen LogP contribution in [0.15, 0.2) is 54.7 Å². The van der Waals surface area contributed by atoms with Gasteiger partial charge < -0.3 is 19.8 Å². The highest BCUT2D eigenvalue weighted by Crippen LogP contribution is 2.34. The fraction of sp³-hybridized carbons (Fsp3) is 0.400. The van der Waals surface area contributed by atoms with Crippen LogP contribution in [0.1, 0.15) is 29.9 Å². The second kappa shape index (κ2) is 10.5. The normalized spacial score (nSPS) is 15.6. The van der Waals surface area contributed by atoms with E-state index in [-0.39, 0.29) is 11.8 Å². The maximum atomic E-state index is 12.9. The van der Waals surface area contributed by atoms with Crippen LogP contribution in [0.4, 0.5) is 0 Å². The van der Waals surface area contributed by atoms with Gasteiger partial charge in [-0.2, -0.15) is 0 Å². The van der Waals surface area contributed by atoms with E-state index in [1.807, 2.05) is 30.5 Å². The van der Waals surface area contributed by atoms with Crippen molar-refractivity contribution >= 4 is 16.8 Å². The molecule has 1 aromatic heterocycles. The molecule has 2 aromatic carbocycles. The van der Waals surface area contributed by atoms with Crippen molar-refractivity contribution in [1.29, 1.82) is 0 Å². The summed E-state index contributed by atoms with van der Waals surface area (Å²) in [5.74, 6) is 0.864. The summed E-state index contributed by atoms with van der Waals surface area (Å²) in [7, 11) is 1.66. The summed E-state index contributed by atoms with van der Waals surface area (Å²) >= 11 is 0. The highest BCUT2D eigenvalue weighted by molar-refractivity contribution is 5.86. The van der Waals surface area contributed by atoms with Gasteiger partial charge >= 0.3 is 0 Å². The molecule has 1 aliphatic heterocycles. The van der Waals surface area contributed by atoms with Crippen molar-refractivity contribution in [3.8, 4) is 5.75 Å². The Morgan fingerprint density at radius 3 is 2.71 bits per heavy atom. The number of hydrogen-bond acceptors (Lipinski definition) is 4. The molecular formula is C25H31N3O3. The zero-order chi connectivity index (χ0) is 21.5. The SMILES string of the molecule is COc1ccc([C@H](CC(=O)NCCCN2CCOCC2)c2c[nH]c3ccccc23)cc1. The average molecular weight is 422 g/mol. The number of ether oxygens (including phenoxy) is 2. The van der Waals surface area contributed by atoms with Crippen LogP contribution in [0.3, 0.4) is 0 Å². The molecule has 1 atom stereocenters. The molecule has 0 radical (unpaired) electrons. The van der Waals surface area contributed by atoms with E-state index in [0.29, 0.717) is 13.0 Å². The summed E-state index contributed by atoms with van der Waals surface area (Å²) in [5.41, 5.74) is 3.33. The highest BCUT2D eigenvalue weighted by atomic mass is 16.5. The molecule has 0 saturated carbocycles. The number of fused-ring (bicyclic) bond motifs is 1. The number of nitrogens with zero attached hydrogens (tertiary/aromatic N) is 1. The van der Waals surface area contributed by atoms with Crippen LogP contribution >= 0.6 is 0 Å². The number of aromatic amines is 1. The first kappa shape index (κ1) is 21.4. The summed E-state index contributed by atoms with van der Waals surface area (Å²) in [6, 6.07) is 16.2. The maximum Gasteiger partial charge on any atom is 0.220 e. The minimum Gasteiger partial charge on any atom is -0.497 e. The molecule has 1 saturated heterocycles. The number of hydrogen-bond donors (Lipinski definition) is 2. The smallest absolute Gasteiger partial charge is 0.220 e. The molecular weight excluding hydrogens is 390 g/mol. The number of amides is 1. The van der Waals surface area contributed by atoms with Gasteiger partial charge in [0.2, 0.25) is 5.91 Å². The molecule has 2 heterocycles. The Kier molecular flexibility index (Phi) is 7.22. The van der Waals surface area contributed by atoms with Crippen molar-refractivity contribution < 1.29 is 14.3 Å². The predicted molar refractivity (Wildman–Crippen MR) is 123 cm³/mol. The zero-order valence-electron chi connectivity index (χ0n) is 18.1. The number of benzene rings is 2. The van der Waals surface area contributed by atoms with Crippen molar-refractivity contribution in [2.45, 2.75) is 18.8 Å². The van der Waals surface area contributed by atoms with Gasteiger partial charge in [0.15, 0.2) is 0 Å². The molecule has 6 heteroatoms. The largest absolute Gasteiger partial charge is 0.497 e. The summed E-state index contributed by atoms with van der Waals surface area (Å²) < 4.78 is 10.7. The molecule has 0 spiro atoms. The number of carbonyl (C=O) groups is 1. The Hall–Kier alpha value is -2.83. The lowest BCUT2D eigenvalue weighted by Crippen LogP contribution is -2.38. The molecule has 0 bridgehead atoms. The molecule has 6 nitrogen and oxygen atoms in total. The minimum absolute atomic E-state index is 0.0266. The van der Waals surface area contributed by atoms with Gasteiger partial charge in [0, 0.05) is 49.1 Å². The Morgan fingerprint density at radius 2 is 1.94 bits per heavy atom. The van der Waals surface area contributed by atoms with Crippen LogP contribution in [-0.2, 0) is 9.53 Å². The van der Waals surface area contributed by atoms with Gasteiger partial charge in [0.05, 0.1) is 20.3 Å². The number of aromatic nitrogens is 1. The van der Waals surface area contributed by atoms with Crippen molar-refractivity contribution in [2.24, 2.45) is 0 Å². The maximum absolute atomic E-state index is 12.9. The van der Waals surface area contributed by atoms with Crippen molar-refractivity contribution in [3.05, 3.63) is 65.9 Å². The Labute approximate surface area is 183 Å². The third kappa shape index (κ3) is 5.46. The van der Waals surface area contributed by atoms with Crippen LogP contribution in [0.5, 0.6) is 5.75 Å². The van der Waals surface area contributed by atoms with Crippen LogP contribution in [0, 0.1) is 0 Å². The van der Waals surface area contributed by atoms with Crippen molar-refractivity contribution in [1.82, 2.24) is 15.2 Å². The first-order valence-corrected chi connectivity index (χ1v) is 11.0. The zero-order valence-corrected chi connectivity index (χ0v) is 18.1. The molecule has 2 N–H and O–H groups in total. The van der Waals surface area contributed by atoms with Gasteiger partial charge in [-0.1, -0.05) is 30.3 Å². The monoisotopic (exact) mass is 421 g/mol. The van der Waals surface area contributed by atoms with Crippen LogP contribution in [-0.4, -0.2) is 62.3 Å². The van der Waals surface area contributed by atoms with Gasteiger partial charge in [-0.15, -0.1) is 0 Å². The summed E-state index contributed by atoms with van der Waals surface area (Å²) in [4.78, 5) is 18.6. The van der Waals surface area contributed by atoms with E-state index >= 15 is 0 Å². The van der Waals surface area contributed by atoms with E-state index in [1.165, 1.54) is 0 Å². The minimum atomic E-state index is -0.0266. The summed E-state index contributed by atoms with van der Waals surface area (Å²) in [6.07, 6.45) is 3.39. The molecule has 0 aliphatic carbocycles. The van der Waals surface area contributed by atoms with Gasteiger partial charge in [0.25, 0.3) is 0 Å². The first-order valence-electron chi connectivity index (χ1n) is 11.0. The van der Waals surface area contributed by atoms with Crippen LogP contribution in [0.2, 0.25) is 0 Å². The molecule has 3 aromatic rings. The Morgan fingerprint density at radius 1 is 1.16 bits per heavy atom. The predicted octanol–water partition coefficient (Wildman–Crippen LogP) is 3.54. The van der Waals surface area contributed by atoms with Gasteiger partial charge in [0.1, 0.15) is 5.75 Å². The number of para-hydroxylation sites is 1. The molecule has 1 amide bonds. The molecule has 1 aliphatic rings. The Bertz CT molecular complexity index is 977. The summed E-state index contributed by atoms with van der Waals surface area (Å²) in [5, 5.41) is 4.28. The molecule has 0 unspecified atom stereocenters. The van der Waals surface area contributed by atoms with Crippen LogP contribution < -0.4 is 10.1 Å². The fourth-order valence-corrected chi connectivity index (χ4v) is 4.24. The van der Waals surface area contributed by atoms with E-state index in [9.17, 15) is 4.79 Å². The van der Waals surface area contributed by atoms with E-state index < -0.39 is 0 Å². The number of H-pyrrole nitrogens is 1. The second-order valence-electron chi connectivity index (χ2n) is 7.98. The first-order chi connectivity index (χ1) is 15.2. The lowest BCUT2D eigenvalue weighted by Gasteiger charge is -2.26. The van der Waals surface area contributed by atoms with E-state index in [2.05, 4.69) is 39.5 Å². The third-order valence-corrected chi connectivity index (χ3v) is 5.98. The van der Waals surface area contributed by atoms with Gasteiger partial charge in [-0.3, -0.25) is 9.69 Å². The molecule has 4 rings (SSSR count). The van der Waals surface area contributed by atoms with Crippen molar-refractivity contribution in [2.75, 3.05) is 46.5 Å². The number of rotatable bonds is 9.